The molecule has 1 amide bonds. The van der Waals surface area contributed by atoms with Gasteiger partial charge in [0.25, 0.3) is 5.91 Å². The average molecular weight is 493 g/mol. The van der Waals surface area contributed by atoms with Gasteiger partial charge in [0.1, 0.15) is 12.4 Å². The number of aliphatic imine (C=N–C) groups is 1. The number of amidine groups is 1. The molecule has 35 heavy (non-hydrogen) atoms. The van der Waals surface area contributed by atoms with Crippen LogP contribution in [0.2, 0.25) is 0 Å². The number of rotatable bonds is 9. The number of carbonyl (C=O) groups excluding carboxylic acids is 1. The molecule has 0 unspecified atom stereocenters. The normalized spacial score (nSPS) is 15.7. The molecule has 0 bridgehead atoms. The number of likely N-dealkylation sites (N-methyl/N-ethyl adjacent to an activating group) is 1. The molecule has 3 aromatic rings. The van der Waals surface area contributed by atoms with Crippen LogP contribution in [0.1, 0.15) is 35.7 Å². The number of para-hydroxylation sites is 1. The van der Waals surface area contributed by atoms with E-state index in [9.17, 15) is 9.59 Å². The van der Waals surface area contributed by atoms with E-state index in [2.05, 4.69) is 4.99 Å². The average Bonchev–Trinajstić information content (AvgIpc) is 3.44. The second-order valence-corrected chi connectivity index (χ2v) is 8.40. The van der Waals surface area contributed by atoms with E-state index in [-0.39, 0.29) is 18.3 Å². The number of thioether (sulfide) groups is 1. The van der Waals surface area contributed by atoms with Gasteiger partial charge in [-0.1, -0.05) is 24.3 Å². The molecule has 8 nitrogen and oxygen atoms in total. The van der Waals surface area contributed by atoms with Gasteiger partial charge >= 0.3 is 5.97 Å². The summed E-state index contributed by atoms with van der Waals surface area (Å²) in [5.41, 5.74) is 1.56. The van der Waals surface area contributed by atoms with E-state index in [4.69, 9.17) is 19.0 Å². The molecule has 9 heteroatoms. The number of amides is 1. The smallest absolute Gasteiger partial charge is 0.371 e. The largest absolute Gasteiger partial charge is 0.490 e. The molecule has 0 spiro atoms. The molecular formula is C26H24N2O6S. The highest BCUT2D eigenvalue weighted by Crippen LogP contribution is 2.36. The van der Waals surface area contributed by atoms with Crippen LogP contribution < -0.4 is 9.47 Å². The lowest BCUT2D eigenvalue weighted by atomic mass is 10.2. The maximum absolute atomic E-state index is 13.0. The molecule has 1 aliphatic rings. The molecule has 2 aromatic carbocycles. The van der Waals surface area contributed by atoms with Crippen molar-refractivity contribution in [3.63, 3.8) is 0 Å². The lowest BCUT2D eigenvalue weighted by Gasteiger charge is -2.12. The number of carboxylic acid groups (broad SMARTS) is 1. The summed E-state index contributed by atoms with van der Waals surface area (Å²) < 4.78 is 16.8. The van der Waals surface area contributed by atoms with Crippen molar-refractivity contribution in [2.75, 3.05) is 13.2 Å². The zero-order chi connectivity index (χ0) is 24.8. The number of carbonyl (C=O) groups is 2. The summed E-state index contributed by atoms with van der Waals surface area (Å²) in [6.07, 6.45) is 1.81. The molecule has 0 aliphatic carbocycles. The van der Waals surface area contributed by atoms with E-state index >= 15 is 0 Å². The summed E-state index contributed by atoms with van der Waals surface area (Å²) in [5, 5.41) is 9.63. The molecule has 1 aromatic heterocycles. The predicted molar refractivity (Wildman–Crippen MR) is 134 cm³/mol. The first kappa shape index (κ1) is 24.2. The zero-order valence-electron chi connectivity index (χ0n) is 19.3. The number of carboxylic acids is 1. The summed E-state index contributed by atoms with van der Waals surface area (Å²) in [7, 11) is 0. The summed E-state index contributed by atoms with van der Waals surface area (Å²) in [6, 6.07) is 17.8. The minimum atomic E-state index is -1.14. The topological polar surface area (TPSA) is 102 Å². The maximum atomic E-state index is 13.0. The fraction of sp³-hybridized carbons (Fsp3) is 0.192. The molecule has 0 atom stereocenters. The van der Waals surface area contributed by atoms with Gasteiger partial charge in [-0.3, -0.25) is 9.69 Å². The third kappa shape index (κ3) is 5.75. The van der Waals surface area contributed by atoms with E-state index in [0.29, 0.717) is 40.5 Å². The second-order valence-electron chi connectivity index (χ2n) is 7.39. The Bertz CT molecular complexity index is 1280. The Morgan fingerprint density at radius 1 is 1.09 bits per heavy atom. The van der Waals surface area contributed by atoms with E-state index in [1.807, 2.05) is 50.2 Å². The number of aromatic carboxylic acids is 1. The van der Waals surface area contributed by atoms with Crippen LogP contribution in [0.25, 0.3) is 6.08 Å². The van der Waals surface area contributed by atoms with Gasteiger partial charge in [0.2, 0.25) is 5.76 Å². The lowest BCUT2D eigenvalue weighted by Crippen LogP contribution is -2.28. The van der Waals surface area contributed by atoms with E-state index in [1.54, 1.807) is 29.2 Å². The van der Waals surface area contributed by atoms with Gasteiger partial charge in [0.15, 0.2) is 16.7 Å². The van der Waals surface area contributed by atoms with Crippen molar-refractivity contribution in [2.45, 2.75) is 20.5 Å². The number of ether oxygens (including phenoxy) is 2. The quantitative estimate of drug-likeness (QED) is 0.389. The Labute approximate surface area is 206 Å². The summed E-state index contributed by atoms with van der Waals surface area (Å²) in [6.45, 7) is 4.77. The van der Waals surface area contributed by atoms with Gasteiger partial charge in [-0.2, -0.15) is 0 Å². The van der Waals surface area contributed by atoms with Crippen molar-refractivity contribution in [3.8, 4) is 11.5 Å². The Kier molecular flexibility index (Phi) is 7.57. The second kappa shape index (κ2) is 11.0. The number of hydrogen-bond donors (Lipinski definition) is 1. The Morgan fingerprint density at radius 3 is 2.57 bits per heavy atom. The number of nitrogens with zero attached hydrogens (tertiary/aromatic N) is 2. The van der Waals surface area contributed by atoms with Crippen LogP contribution in [-0.4, -0.2) is 40.2 Å². The Balaban J connectivity index is 1.54. The van der Waals surface area contributed by atoms with Crippen LogP contribution in [0.15, 0.2) is 75.0 Å². The van der Waals surface area contributed by atoms with E-state index < -0.39 is 5.97 Å². The third-order valence-corrected chi connectivity index (χ3v) is 6.00. The SMILES string of the molecule is CCOc1cc(C=C2SC(=Nc3ccccc3)N(CC)C2=O)ccc1OCc1ccc(C(=O)O)o1. The molecule has 1 saturated heterocycles. The standard InChI is InChI=1S/C26H24N2O6S/c1-3-28-24(29)23(35-26(28)27-18-8-6-5-7-9-18)15-17-10-12-20(22(14-17)32-4-2)33-16-19-11-13-21(34-19)25(30)31/h5-15H,3-4,16H2,1-2H3,(H,30,31). The monoisotopic (exact) mass is 492 g/mol. The van der Waals surface area contributed by atoms with Gasteiger partial charge in [-0.25, -0.2) is 9.79 Å². The van der Waals surface area contributed by atoms with Crippen LogP contribution in [-0.2, 0) is 11.4 Å². The maximum Gasteiger partial charge on any atom is 0.371 e. The van der Waals surface area contributed by atoms with Crippen LogP contribution >= 0.6 is 11.8 Å². The zero-order valence-corrected chi connectivity index (χ0v) is 20.1. The molecule has 1 aliphatic heterocycles. The van der Waals surface area contributed by atoms with Crippen LogP contribution in [0.5, 0.6) is 11.5 Å². The first-order chi connectivity index (χ1) is 17.0. The molecular weight excluding hydrogens is 468 g/mol. The van der Waals surface area contributed by atoms with Crippen LogP contribution in [0.3, 0.4) is 0 Å². The third-order valence-electron chi connectivity index (χ3n) is 4.99. The van der Waals surface area contributed by atoms with Crippen molar-refractivity contribution in [1.29, 1.82) is 0 Å². The van der Waals surface area contributed by atoms with Crippen molar-refractivity contribution >= 4 is 40.6 Å². The molecule has 0 saturated carbocycles. The number of furan rings is 1. The highest BCUT2D eigenvalue weighted by atomic mass is 32.2. The first-order valence-electron chi connectivity index (χ1n) is 11.0. The molecule has 1 N–H and O–H groups in total. The molecule has 4 rings (SSSR count). The fourth-order valence-electron chi connectivity index (χ4n) is 3.36. The predicted octanol–water partition coefficient (Wildman–Crippen LogP) is 5.58. The van der Waals surface area contributed by atoms with Gasteiger partial charge in [0, 0.05) is 6.54 Å². The first-order valence-corrected chi connectivity index (χ1v) is 11.9. The van der Waals surface area contributed by atoms with Crippen molar-refractivity contribution in [1.82, 2.24) is 4.90 Å². The fourth-order valence-corrected chi connectivity index (χ4v) is 4.42. The lowest BCUT2D eigenvalue weighted by molar-refractivity contribution is -0.122. The Morgan fingerprint density at radius 2 is 1.89 bits per heavy atom. The van der Waals surface area contributed by atoms with Crippen molar-refractivity contribution in [2.24, 2.45) is 4.99 Å². The molecule has 0 radical (unpaired) electrons. The van der Waals surface area contributed by atoms with Gasteiger partial charge < -0.3 is 19.0 Å². The highest BCUT2D eigenvalue weighted by molar-refractivity contribution is 8.18. The highest BCUT2D eigenvalue weighted by Gasteiger charge is 2.32. The minimum absolute atomic E-state index is 0.0485. The number of benzene rings is 2. The van der Waals surface area contributed by atoms with E-state index in [1.165, 1.54) is 17.8 Å². The van der Waals surface area contributed by atoms with Crippen molar-refractivity contribution < 1.29 is 28.6 Å². The summed E-state index contributed by atoms with van der Waals surface area (Å²) >= 11 is 1.33. The summed E-state index contributed by atoms with van der Waals surface area (Å²) in [4.78, 5) is 30.8. The minimum Gasteiger partial charge on any atom is -0.490 e. The van der Waals surface area contributed by atoms with E-state index in [0.717, 1.165) is 11.3 Å². The van der Waals surface area contributed by atoms with Crippen molar-refractivity contribution in [3.05, 3.63) is 82.7 Å². The number of hydrogen-bond acceptors (Lipinski definition) is 7. The summed E-state index contributed by atoms with van der Waals surface area (Å²) in [5.74, 6) is -0.0133. The van der Waals surface area contributed by atoms with Gasteiger partial charge in [-0.15, -0.1) is 0 Å². The molecule has 180 valence electrons. The molecule has 1 fully saturated rings. The Hall–Kier alpha value is -3.98. The van der Waals surface area contributed by atoms with Crippen LogP contribution in [0, 0.1) is 0 Å². The van der Waals surface area contributed by atoms with Crippen LogP contribution in [0.4, 0.5) is 5.69 Å². The molecule has 2 heterocycles. The van der Waals surface area contributed by atoms with Gasteiger partial charge in [0.05, 0.1) is 17.2 Å². The van der Waals surface area contributed by atoms with Gasteiger partial charge in [-0.05, 0) is 73.6 Å².